The lowest BCUT2D eigenvalue weighted by Gasteiger charge is -2.04. The molecular weight excluding hydrogens is 356 g/mol. The summed E-state index contributed by atoms with van der Waals surface area (Å²) in [5.74, 6) is 5.03. The summed E-state index contributed by atoms with van der Waals surface area (Å²) in [4.78, 5) is 11.0. The first-order valence-corrected chi connectivity index (χ1v) is 13.3. The molecule has 0 rings (SSSR count). The molecule has 0 aliphatic rings. The van der Waals surface area contributed by atoms with Gasteiger partial charge >= 0.3 is 0 Å². The number of rotatable bonds is 24. The molecule has 0 aromatic heterocycles. The third kappa shape index (κ3) is 25.4. The molecule has 0 atom stereocenters. The van der Waals surface area contributed by atoms with Crippen molar-refractivity contribution < 1.29 is 4.79 Å². The predicted molar refractivity (Wildman–Crippen MR) is 129 cm³/mol. The van der Waals surface area contributed by atoms with Gasteiger partial charge in [0.1, 0.15) is 0 Å². The Morgan fingerprint density at radius 1 is 0.483 bits per heavy atom. The van der Waals surface area contributed by atoms with Crippen LogP contribution in [0.25, 0.3) is 0 Å². The topological polar surface area (TPSA) is 55.1 Å². The van der Waals surface area contributed by atoms with E-state index in [1.54, 1.807) is 0 Å². The van der Waals surface area contributed by atoms with Gasteiger partial charge in [0.25, 0.3) is 0 Å². The van der Waals surface area contributed by atoms with Gasteiger partial charge in [0.05, 0.1) is 0 Å². The summed E-state index contributed by atoms with van der Waals surface area (Å²) >= 11 is 0. The lowest BCUT2D eigenvalue weighted by Crippen LogP contribution is -2.29. The fourth-order valence-corrected chi connectivity index (χ4v) is 4.14. The minimum Gasteiger partial charge on any atom is -0.294 e. The largest absolute Gasteiger partial charge is 0.294 e. The van der Waals surface area contributed by atoms with Crippen LogP contribution in [0.3, 0.4) is 0 Å². The van der Waals surface area contributed by atoms with Crippen molar-refractivity contribution in [1.82, 2.24) is 5.43 Å². The number of nitrogens with two attached hydrogens (primary N) is 1. The van der Waals surface area contributed by atoms with Crippen LogP contribution in [0.5, 0.6) is 0 Å². The summed E-state index contributed by atoms with van der Waals surface area (Å²) < 4.78 is 0. The second kappa shape index (κ2) is 25.5. The number of hydrazine groups is 1. The highest BCUT2D eigenvalue weighted by Crippen LogP contribution is 2.15. The second-order valence-corrected chi connectivity index (χ2v) is 9.10. The zero-order valence-electron chi connectivity index (χ0n) is 20.0. The summed E-state index contributed by atoms with van der Waals surface area (Å²) in [6.45, 7) is 2.29. The number of unbranched alkanes of at least 4 members (excludes halogenated alkanes) is 22. The SMILES string of the molecule is CCCCCCCCCCCCCCCCCCCCCCCCCC(=O)NN. The number of hydrogen-bond donors (Lipinski definition) is 2. The zero-order valence-corrected chi connectivity index (χ0v) is 20.0. The van der Waals surface area contributed by atoms with Gasteiger partial charge in [-0.05, 0) is 6.42 Å². The van der Waals surface area contributed by atoms with Gasteiger partial charge in [-0.1, -0.05) is 148 Å². The van der Waals surface area contributed by atoms with Crippen molar-refractivity contribution in [2.45, 2.75) is 161 Å². The Labute approximate surface area is 183 Å². The molecule has 0 bridgehead atoms. The molecule has 0 aromatic rings. The fourth-order valence-electron chi connectivity index (χ4n) is 4.14. The molecular formula is C26H54N2O. The highest BCUT2D eigenvalue weighted by atomic mass is 16.2. The van der Waals surface area contributed by atoms with Gasteiger partial charge in [-0.2, -0.15) is 0 Å². The van der Waals surface area contributed by atoms with E-state index < -0.39 is 0 Å². The monoisotopic (exact) mass is 410 g/mol. The first-order valence-electron chi connectivity index (χ1n) is 13.3. The van der Waals surface area contributed by atoms with E-state index in [9.17, 15) is 4.79 Å². The average Bonchev–Trinajstić information content (AvgIpc) is 2.74. The van der Waals surface area contributed by atoms with Gasteiger partial charge in [0.15, 0.2) is 0 Å². The van der Waals surface area contributed by atoms with Crippen LogP contribution in [0.1, 0.15) is 161 Å². The van der Waals surface area contributed by atoms with Gasteiger partial charge in [-0.15, -0.1) is 0 Å². The summed E-state index contributed by atoms with van der Waals surface area (Å²) in [6.07, 6.45) is 32.7. The van der Waals surface area contributed by atoms with Gasteiger partial charge in [0.2, 0.25) is 5.91 Å². The van der Waals surface area contributed by atoms with E-state index in [1.807, 2.05) is 0 Å². The number of carbonyl (C=O) groups excluding carboxylic acids is 1. The van der Waals surface area contributed by atoms with E-state index in [-0.39, 0.29) is 5.91 Å². The van der Waals surface area contributed by atoms with Crippen LogP contribution in [0, 0.1) is 0 Å². The van der Waals surface area contributed by atoms with Crippen molar-refractivity contribution in [3.8, 4) is 0 Å². The van der Waals surface area contributed by atoms with E-state index in [4.69, 9.17) is 5.84 Å². The standard InChI is InChI=1S/C26H54N2O/c1-2-3-4-5-6-7-8-9-10-11-12-13-14-15-16-17-18-19-20-21-22-23-24-25-26(29)28-27/h2-25,27H2,1H3,(H,28,29). The molecule has 0 fully saturated rings. The van der Waals surface area contributed by atoms with Gasteiger partial charge in [-0.25, -0.2) is 5.84 Å². The third-order valence-electron chi connectivity index (χ3n) is 6.17. The van der Waals surface area contributed by atoms with Crippen LogP contribution < -0.4 is 11.3 Å². The zero-order chi connectivity index (χ0) is 21.3. The molecule has 29 heavy (non-hydrogen) atoms. The van der Waals surface area contributed by atoms with Crippen molar-refractivity contribution in [2.75, 3.05) is 0 Å². The van der Waals surface area contributed by atoms with Crippen LogP contribution in [0.15, 0.2) is 0 Å². The molecule has 0 aliphatic heterocycles. The maximum absolute atomic E-state index is 11.0. The molecule has 0 aliphatic carbocycles. The van der Waals surface area contributed by atoms with Crippen LogP contribution in [-0.4, -0.2) is 5.91 Å². The molecule has 0 saturated carbocycles. The maximum atomic E-state index is 11.0. The average molecular weight is 411 g/mol. The second-order valence-electron chi connectivity index (χ2n) is 9.10. The number of carbonyl (C=O) groups is 1. The minimum atomic E-state index is -0.0338. The first kappa shape index (κ1) is 28.4. The maximum Gasteiger partial charge on any atom is 0.233 e. The lowest BCUT2D eigenvalue weighted by atomic mass is 10.0. The Bertz CT molecular complexity index is 320. The quantitative estimate of drug-likeness (QED) is 0.0726. The first-order chi connectivity index (χ1) is 14.3. The van der Waals surface area contributed by atoms with E-state index >= 15 is 0 Å². The summed E-state index contributed by atoms with van der Waals surface area (Å²) in [5.41, 5.74) is 2.19. The van der Waals surface area contributed by atoms with Gasteiger partial charge < -0.3 is 0 Å². The molecule has 3 heteroatoms. The minimum absolute atomic E-state index is 0.0338. The molecule has 0 heterocycles. The number of hydrogen-bond acceptors (Lipinski definition) is 2. The highest BCUT2D eigenvalue weighted by molar-refractivity contribution is 5.74. The normalized spacial score (nSPS) is 11.1. The van der Waals surface area contributed by atoms with E-state index in [2.05, 4.69) is 12.3 Å². The van der Waals surface area contributed by atoms with Crippen LogP contribution in [0.4, 0.5) is 0 Å². The van der Waals surface area contributed by atoms with Gasteiger partial charge in [0, 0.05) is 6.42 Å². The van der Waals surface area contributed by atoms with Crippen molar-refractivity contribution >= 4 is 5.91 Å². The molecule has 3 nitrogen and oxygen atoms in total. The van der Waals surface area contributed by atoms with Crippen LogP contribution >= 0.6 is 0 Å². The van der Waals surface area contributed by atoms with Crippen molar-refractivity contribution in [3.05, 3.63) is 0 Å². The highest BCUT2D eigenvalue weighted by Gasteiger charge is 1.98. The van der Waals surface area contributed by atoms with E-state index in [0.717, 1.165) is 12.8 Å². The van der Waals surface area contributed by atoms with Crippen molar-refractivity contribution in [3.63, 3.8) is 0 Å². The summed E-state index contributed by atoms with van der Waals surface area (Å²) in [6, 6.07) is 0. The number of amides is 1. The molecule has 3 N–H and O–H groups in total. The predicted octanol–water partition coefficient (Wildman–Crippen LogP) is 8.36. The molecule has 1 amide bonds. The third-order valence-corrected chi connectivity index (χ3v) is 6.17. The fraction of sp³-hybridized carbons (Fsp3) is 0.962. The van der Waals surface area contributed by atoms with Crippen molar-refractivity contribution in [2.24, 2.45) is 5.84 Å². The van der Waals surface area contributed by atoms with E-state index in [1.165, 1.54) is 135 Å². The van der Waals surface area contributed by atoms with Crippen molar-refractivity contribution in [1.29, 1.82) is 0 Å². The molecule has 0 radical (unpaired) electrons. The Hall–Kier alpha value is -0.570. The Morgan fingerprint density at radius 2 is 0.724 bits per heavy atom. The summed E-state index contributed by atoms with van der Waals surface area (Å²) in [5, 5.41) is 0. The van der Waals surface area contributed by atoms with Crippen LogP contribution in [0.2, 0.25) is 0 Å². The Morgan fingerprint density at radius 3 is 0.966 bits per heavy atom. The van der Waals surface area contributed by atoms with Gasteiger partial charge in [-0.3, -0.25) is 10.2 Å². The molecule has 0 aromatic carbocycles. The lowest BCUT2D eigenvalue weighted by molar-refractivity contribution is -0.121. The Kier molecular flexibility index (Phi) is 25.0. The Balaban J connectivity index is 3.01. The smallest absolute Gasteiger partial charge is 0.233 e. The molecule has 0 unspecified atom stereocenters. The van der Waals surface area contributed by atoms with E-state index in [0.29, 0.717) is 6.42 Å². The molecule has 174 valence electrons. The molecule has 0 saturated heterocycles. The van der Waals surface area contributed by atoms with Crippen LogP contribution in [-0.2, 0) is 4.79 Å². The summed E-state index contributed by atoms with van der Waals surface area (Å²) in [7, 11) is 0. The number of nitrogens with one attached hydrogen (secondary N) is 1. The molecule has 0 spiro atoms.